The van der Waals surface area contributed by atoms with E-state index in [9.17, 15) is 32.1 Å². The number of aromatic nitrogens is 1. The molecule has 0 saturated carbocycles. The lowest BCUT2D eigenvalue weighted by Crippen LogP contribution is -2.41. The molecule has 0 amide bonds. The lowest BCUT2D eigenvalue weighted by Gasteiger charge is -2.36. The van der Waals surface area contributed by atoms with Gasteiger partial charge in [-0.2, -0.15) is 4.31 Å². The van der Waals surface area contributed by atoms with Gasteiger partial charge in [0.25, 0.3) is 15.7 Å². The van der Waals surface area contributed by atoms with Crippen molar-refractivity contribution in [2.45, 2.75) is 29.2 Å². The van der Waals surface area contributed by atoms with Gasteiger partial charge in [0.05, 0.1) is 21.0 Å². The van der Waals surface area contributed by atoms with E-state index in [1.807, 2.05) is 0 Å². The van der Waals surface area contributed by atoms with Crippen LogP contribution in [0.5, 0.6) is 0 Å². The highest BCUT2D eigenvalue weighted by atomic mass is 32.2. The van der Waals surface area contributed by atoms with Crippen molar-refractivity contribution in [3.63, 3.8) is 0 Å². The Morgan fingerprint density at radius 2 is 1.60 bits per heavy atom. The summed E-state index contributed by atoms with van der Waals surface area (Å²) in [4.78, 5) is 10.4. The average molecular weight is 582 g/mol. The third kappa shape index (κ3) is 4.73. The highest BCUT2D eigenvalue weighted by Crippen LogP contribution is 2.40. The number of fused-ring (bicyclic) bond motifs is 1. The van der Waals surface area contributed by atoms with Crippen LogP contribution in [0.1, 0.15) is 25.1 Å². The normalized spacial score (nSPS) is 18.6. The molecule has 0 aliphatic carbocycles. The summed E-state index contributed by atoms with van der Waals surface area (Å²) in [6.45, 7) is 1.60. The van der Waals surface area contributed by atoms with Gasteiger partial charge in [0, 0.05) is 30.5 Å². The summed E-state index contributed by atoms with van der Waals surface area (Å²) in [6.07, 6.45) is 0.606. The average Bonchev–Trinajstić information content (AvgIpc) is 3.37. The van der Waals surface area contributed by atoms with Crippen LogP contribution in [0.15, 0.2) is 106 Å². The van der Waals surface area contributed by atoms with Crippen molar-refractivity contribution in [1.82, 2.24) is 8.28 Å². The van der Waals surface area contributed by atoms with Crippen molar-refractivity contribution in [1.29, 1.82) is 0 Å². The zero-order valence-electron chi connectivity index (χ0n) is 21.5. The zero-order valence-corrected chi connectivity index (χ0v) is 23.1. The highest BCUT2D eigenvalue weighted by molar-refractivity contribution is 7.90. The number of nitro groups is 1. The topological polar surface area (TPSA) is 140 Å². The fraction of sp³-hybridized carbons (Fsp3) is 0.214. The van der Waals surface area contributed by atoms with E-state index in [0.717, 1.165) is 14.3 Å². The van der Waals surface area contributed by atoms with Gasteiger partial charge in [0.15, 0.2) is 4.90 Å². The molecule has 208 valence electrons. The third-order valence-corrected chi connectivity index (χ3v) is 10.9. The maximum absolute atomic E-state index is 13.8. The second-order valence-electron chi connectivity index (χ2n) is 9.48. The number of allylic oxidation sites excluding steroid dienone is 1. The molecule has 1 N–H and O–H groups in total. The quantitative estimate of drug-likeness (QED) is 0.193. The molecule has 12 heteroatoms. The Morgan fingerprint density at radius 3 is 2.30 bits per heavy atom. The van der Waals surface area contributed by atoms with Crippen molar-refractivity contribution in [2.75, 3.05) is 13.1 Å². The molecule has 0 bridgehead atoms. The Morgan fingerprint density at radius 1 is 0.950 bits per heavy atom. The Hall–Kier alpha value is -3.84. The standard InChI is InChI=1S/C28H27N3O7S2/c1-2-20-19-29(40(37,38)27-15-9-8-14-25(27)31(33)34)17-16-23(20)28(32)26-18-21-10-6-7-13-24(21)30(26)39(35,36)22-11-4-3-5-12-22/h2-15,18,23,28,32H,16-17,19H2,1H3/b20-2-/t23-,28?/m0/s1. The number of aliphatic hydroxyl groups excluding tert-OH is 1. The van der Waals surface area contributed by atoms with E-state index in [1.54, 1.807) is 61.5 Å². The number of hydrogen-bond acceptors (Lipinski definition) is 7. The van der Waals surface area contributed by atoms with Crippen LogP contribution >= 0.6 is 0 Å². The first-order valence-corrected chi connectivity index (χ1v) is 15.4. The molecule has 40 heavy (non-hydrogen) atoms. The van der Waals surface area contributed by atoms with E-state index in [2.05, 4.69) is 0 Å². The number of benzene rings is 3. The Bertz CT molecular complexity index is 1830. The van der Waals surface area contributed by atoms with Gasteiger partial charge < -0.3 is 5.11 Å². The van der Waals surface area contributed by atoms with Crippen molar-refractivity contribution < 1.29 is 26.9 Å². The van der Waals surface area contributed by atoms with E-state index in [0.29, 0.717) is 16.5 Å². The predicted molar refractivity (Wildman–Crippen MR) is 150 cm³/mol. The lowest BCUT2D eigenvalue weighted by atomic mass is 9.85. The second kappa shape index (κ2) is 10.6. The van der Waals surface area contributed by atoms with E-state index in [-0.39, 0.29) is 30.1 Å². The molecule has 0 spiro atoms. The Balaban J connectivity index is 1.52. The van der Waals surface area contributed by atoms with Crippen LogP contribution < -0.4 is 0 Å². The maximum atomic E-state index is 13.8. The smallest absolute Gasteiger partial charge is 0.289 e. The molecular weight excluding hydrogens is 554 g/mol. The number of piperidine rings is 1. The number of para-hydroxylation sites is 2. The van der Waals surface area contributed by atoms with Gasteiger partial charge in [0.2, 0.25) is 10.0 Å². The summed E-state index contributed by atoms with van der Waals surface area (Å²) in [5, 5.41) is 23.8. The molecule has 2 heterocycles. The Kier molecular flexibility index (Phi) is 7.36. The van der Waals surface area contributed by atoms with Crippen LogP contribution in [0.3, 0.4) is 0 Å². The number of aliphatic hydroxyl groups is 1. The summed E-state index contributed by atoms with van der Waals surface area (Å²) >= 11 is 0. The molecule has 4 aromatic rings. The van der Waals surface area contributed by atoms with E-state index >= 15 is 0 Å². The number of hydrogen-bond donors (Lipinski definition) is 1. The monoisotopic (exact) mass is 581 g/mol. The molecular formula is C28H27N3O7S2. The van der Waals surface area contributed by atoms with Crippen LogP contribution in [0, 0.1) is 16.0 Å². The predicted octanol–water partition coefficient (Wildman–Crippen LogP) is 4.48. The van der Waals surface area contributed by atoms with Crippen LogP contribution in [-0.4, -0.2) is 48.2 Å². The molecule has 10 nitrogen and oxygen atoms in total. The van der Waals surface area contributed by atoms with Gasteiger partial charge in [-0.05, 0) is 43.7 Å². The summed E-state index contributed by atoms with van der Waals surface area (Å²) in [5.41, 5.74) is 0.653. The third-order valence-electron chi connectivity index (χ3n) is 7.23. The number of nitrogens with zero attached hydrogens (tertiary/aromatic N) is 3. The van der Waals surface area contributed by atoms with Gasteiger partial charge in [-0.3, -0.25) is 10.1 Å². The maximum Gasteiger partial charge on any atom is 0.289 e. The minimum Gasteiger partial charge on any atom is -0.386 e. The summed E-state index contributed by atoms with van der Waals surface area (Å²) < 4.78 is 56.8. The summed E-state index contributed by atoms with van der Waals surface area (Å²) in [5.74, 6) is -0.587. The van der Waals surface area contributed by atoms with Crippen molar-refractivity contribution in [3.05, 3.63) is 112 Å². The zero-order chi connectivity index (χ0) is 28.7. The van der Waals surface area contributed by atoms with E-state index < -0.39 is 47.6 Å². The number of nitro benzene ring substituents is 1. The fourth-order valence-electron chi connectivity index (χ4n) is 5.23. The van der Waals surface area contributed by atoms with Gasteiger partial charge in [-0.1, -0.05) is 60.2 Å². The molecule has 1 aromatic heterocycles. The van der Waals surface area contributed by atoms with Gasteiger partial charge in [-0.25, -0.2) is 20.8 Å². The SMILES string of the molecule is C/C=C1/CN(S(=O)(=O)c2ccccc2[N+](=O)[O-])CC[C@@H]1C(O)c1cc2ccccc2n1S(=O)(=O)c1ccccc1. The van der Waals surface area contributed by atoms with Gasteiger partial charge in [0.1, 0.15) is 6.10 Å². The molecule has 1 unspecified atom stereocenters. The number of rotatable bonds is 7. The molecule has 5 rings (SSSR count). The second-order valence-corrected chi connectivity index (χ2v) is 13.2. The Labute approximate surface area is 232 Å². The summed E-state index contributed by atoms with van der Waals surface area (Å²) in [6, 6.07) is 21.7. The van der Waals surface area contributed by atoms with Crippen LogP contribution in [0.25, 0.3) is 10.9 Å². The first-order valence-electron chi connectivity index (χ1n) is 12.5. The molecule has 1 fully saturated rings. The van der Waals surface area contributed by atoms with Crippen molar-refractivity contribution in [3.8, 4) is 0 Å². The van der Waals surface area contributed by atoms with Crippen LogP contribution in [-0.2, 0) is 20.0 Å². The van der Waals surface area contributed by atoms with Crippen LogP contribution in [0.2, 0.25) is 0 Å². The lowest BCUT2D eigenvalue weighted by molar-refractivity contribution is -0.387. The van der Waals surface area contributed by atoms with Crippen molar-refractivity contribution in [2.24, 2.45) is 5.92 Å². The molecule has 1 saturated heterocycles. The number of sulfonamides is 1. The van der Waals surface area contributed by atoms with Gasteiger partial charge in [-0.15, -0.1) is 0 Å². The minimum atomic E-state index is -4.21. The highest BCUT2D eigenvalue weighted by Gasteiger charge is 2.39. The minimum absolute atomic E-state index is 0.0148. The molecule has 1 aliphatic heterocycles. The van der Waals surface area contributed by atoms with Crippen molar-refractivity contribution >= 4 is 36.6 Å². The molecule has 0 radical (unpaired) electrons. The largest absolute Gasteiger partial charge is 0.386 e. The molecule has 2 atom stereocenters. The molecule has 3 aromatic carbocycles. The van der Waals surface area contributed by atoms with Gasteiger partial charge >= 0.3 is 0 Å². The first-order chi connectivity index (χ1) is 19.1. The first kappa shape index (κ1) is 27.7. The summed E-state index contributed by atoms with van der Waals surface area (Å²) in [7, 11) is -8.29. The van der Waals surface area contributed by atoms with E-state index in [1.165, 1.54) is 30.3 Å². The van der Waals surface area contributed by atoms with Crippen LogP contribution in [0.4, 0.5) is 5.69 Å². The van der Waals surface area contributed by atoms with E-state index in [4.69, 9.17) is 0 Å². The fourth-order valence-corrected chi connectivity index (χ4v) is 8.41. The molecule has 1 aliphatic rings.